The predicted octanol–water partition coefficient (Wildman–Crippen LogP) is 3.19. The number of carbonyl (C=O) groups is 1. The smallest absolute Gasteiger partial charge is 0.283 e. The number of ether oxygens (including phenoxy) is 2. The van der Waals surface area contributed by atoms with Gasteiger partial charge in [-0.2, -0.15) is 0 Å². The molecule has 0 radical (unpaired) electrons. The van der Waals surface area contributed by atoms with Crippen LogP contribution in [0.1, 0.15) is 25.3 Å². The second kappa shape index (κ2) is 9.23. The van der Waals surface area contributed by atoms with Crippen LogP contribution in [0.5, 0.6) is 11.5 Å². The van der Waals surface area contributed by atoms with E-state index in [9.17, 15) is 4.79 Å². The molecule has 7 heteroatoms. The van der Waals surface area contributed by atoms with E-state index >= 15 is 0 Å². The summed E-state index contributed by atoms with van der Waals surface area (Å²) in [6, 6.07) is 15.3. The van der Waals surface area contributed by atoms with E-state index in [2.05, 4.69) is 35.2 Å². The van der Waals surface area contributed by atoms with Crippen molar-refractivity contribution in [2.45, 2.75) is 32.3 Å². The van der Waals surface area contributed by atoms with Crippen LogP contribution in [-0.4, -0.2) is 23.7 Å². The van der Waals surface area contributed by atoms with E-state index < -0.39 is 6.10 Å². The van der Waals surface area contributed by atoms with Gasteiger partial charge in [-0.25, -0.2) is 0 Å². The van der Waals surface area contributed by atoms with Crippen LogP contribution in [0.2, 0.25) is 0 Å². The summed E-state index contributed by atoms with van der Waals surface area (Å²) in [4.78, 5) is 12.2. The molecule has 142 valence electrons. The first kappa shape index (κ1) is 19.0. The zero-order chi connectivity index (χ0) is 19.1. The number of carbonyl (C=O) groups excluding carboxylic acids is 1. The second-order valence-electron chi connectivity index (χ2n) is 6.23. The average Bonchev–Trinajstić information content (AvgIpc) is 2.71. The number of rotatable bonds is 5. The molecule has 1 unspecified atom stereocenters. The Hall–Kier alpha value is -2.80. The van der Waals surface area contributed by atoms with Crippen molar-refractivity contribution in [2.24, 2.45) is 0 Å². The topological polar surface area (TPSA) is 71.6 Å². The molecule has 0 aromatic heterocycles. The Morgan fingerprint density at radius 1 is 1.11 bits per heavy atom. The lowest BCUT2D eigenvalue weighted by atomic mass is 10.1. The third kappa shape index (κ3) is 5.34. The summed E-state index contributed by atoms with van der Waals surface area (Å²) in [6.07, 6.45) is 2.68. The van der Waals surface area contributed by atoms with Crippen LogP contribution in [0.25, 0.3) is 0 Å². The minimum atomic E-state index is -0.743. The molecule has 3 rings (SSSR count). The highest BCUT2D eigenvalue weighted by atomic mass is 32.1. The first-order valence-electron chi connectivity index (χ1n) is 9.00. The number of thiocarbonyl (C=S) groups is 1. The van der Waals surface area contributed by atoms with Gasteiger partial charge in [0, 0.05) is 5.69 Å². The van der Waals surface area contributed by atoms with Crippen molar-refractivity contribution in [1.82, 2.24) is 10.9 Å². The molecule has 2 aromatic carbocycles. The number of hydrogen-bond acceptors (Lipinski definition) is 4. The minimum absolute atomic E-state index is 0.143. The van der Waals surface area contributed by atoms with Crippen LogP contribution in [0, 0.1) is 0 Å². The largest absolute Gasteiger partial charge is 0.485 e. The van der Waals surface area contributed by atoms with Crippen LogP contribution in [0.15, 0.2) is 48.5 Å². The number of unbranched alkanes of at least 4 members (excludes halogenated alkanes) is 1. The highest BCUT2D eigenvalue weighted by molar-refractivity contribution is 7.80. The maximum atomic E-state index is 12.2. The number of para-hydroxylation sites is 2. The maximum Gasteiger partial charge on any atom is 0.283 e. The van der Waals surface area contributed by atoms with E-state index in [0.717, 1.165) is 12.1 Å². The highest BCUT2D eigenvalue weighted by Crippen LogP contribution is 2.30. The van der Waals surface area contributed by atoms with Gasteiger partial charge in [-0.05, 0) is 54.9 Å². The molecular weight excluding hydrogens is 362 g/mol. The fourth-order valence-corrected chi connectivity index (χ4v) is 2.81. The first-order chi connectivity index (χ1) is 13.2. The monoisotopic (exact) mass is 385 g/mol. The summed E-state index contributed by atoms with van der Waals surface area (Å²) in [5.74, 6) is 0.824. The molecule has 1 amide bonds. The van der Waals surface area contributed by atoms with Gasteiger partial charge in [0.05, 0.1) is 0 Å². The summed E-state index contributed by atoms with van der Waals surface area (Å²) in [6.45, 7) is 2.32. The standard InChI is InChI=1S/C20H23N3O3S/c1-2-3-6-14-9-11-15(12-10-14)21-20(27)23-22-19(24)18-13-25-16-7-4-5-8-17(16)26-18/h4-5,7-12,18H,2-3,6,13H2,1H3,(H,22,24)(H2,21,23,27). The van der Waals surface area contributed by atoms with E-state index in [0.29, 0.717) is 16.6 Å². The molecule has 3 N–H and O–H groups in total. The van der Waals surface area contributed by atoms with Crippen LogP contribution in [0.3, 0.4) is 0 Å². The summed E-state index contributed by atoms with van der Waals surface area (Å²) in [5, 5.41) is 3.33. The maximum absolute atomic E-state index is 12.2. The van der Waals surface area contributed by atoms with Crippen LogP contribution >= 0.6 is 12.2 Å². The Bertz CT molecular complexity index is 795. The van der Waals surface area contributed by atoms with Crippen LogP contribution in [0.4, 0.5) is 5.69 Å². The molecule has 27 heavy (non-hydrogen) atoms. The van der Waals surface area contributed by atoms with Crippen LogP contribution in [-0.2, 0) is 11.2 Å². The van der Waals surface area contributed by atoms with Gasteiger partial charge < -0.3 is 14.8 Å². The lowest BCUT2D eigenvalue weighted by Crippen LogP contribution is -2.51. The van der Waals surface area contributed by atoms with E-state index in [1.165, 1.54) is 18.4 Å². The highest BCUT2D eigenvalue weighted by Gasteiger charge is 2.27. The third-order valence-electron chi connectivity index (χ3n) is 4.13. The molecule has 0 spiro atoms. The molecule has 0 saturated heterocycles. The van der Waals surface area contributed by atoms with Crippen molar-refractivity contribution in [3.8, 4) is 11.5 Å². The molecule has 1 atom stereocenters. The summed E-state index contributed by atoms with van der Waals surface area (Å²) in [7, 11) is 0. The summed E-state index contributed by atoms with van der Waals surface area (Å²) >= 11 is 5.21. The van der Waals surface area contributed by atoms with Gasteiger partial charge in [0.25, 0.3) is 5.91 Å². The van der Waals surface area contributed by atoms with Gasteiger partial charge in [0.1, 0.15) is 6.61 Å². The van der Waals surface area contributed by atoms with Crippen molar-refractivity contribution in [1.29, 1.82) is 0 Å². The number of anilines is 1. The SMILES string of the molecule is CCCCc1ccc(NC(=S)NNC(=O)C2COc3ccccc3O2)cc1. The molecule has 1 aliphatic rings. The van der Waals surface area contributed by atoms with E-state index in [1.807, 2.05) is 24.3 Å². The van der Waals surface area contributed by atoms with Gasteiger partial charge in [0.2, 0.25) is 6.10 Å². The van der Waals surface area contributed by atoms with Crippen molar-refractivity contribution < 1.29 is 14.3 Å². The second-order valence-corrected chi connectivity index (χ2v) is 6.64. The first-order valence-corrected chi connectivity index (χ1v) is 9.41. The van der Waals surface area contributed by atoms with E-state index in [-0.39, 0.29) is 12.5 Å². The average molecular weight is 385 g/mol. The number of hydrogen-bond donors (Lipinski definition) is 3. The Kier molecular flexibility index (Phi) is 6.49. The molecule has 2 aromatic rings. The fraction of sp³-hybridized carbons (Fsp3) is 0.300. The van der Waals surface area contributed by atoms with E-state index in [1.54, 1.807) is 12.1 Å². The molecule has 1 heterocycles. The lowest BCUT2D eigenvalue weighted by molar-refractivity contribution is -0.130. The van der Waals surface area contributed by atoms with Crippen molar-refractivity contribution >= 4 is 28.9 Å². The number of benzene rings is 2. The molecule has 1 aliphatic heterocycles. The Morgan fingerprint density at radius 2 is 1.85 bits per heavy atom. The van der Waals surface area contributed by atoms with Crippen molar-refractivity contribution in [2.75, 3.05) is 11.9 Å². The lowest BCUT2D eigenvalue weighted by Gasteiger charge is -2.25. The molecule has 6 nitrogen and oxygen atoms in total. The number of amides is 1. The van der Waals surface area contributed by atoms with Gasteiger partial charge >= 0.3 is 0 Å². The number of nitrogens with one attached hydrogen (secondary N) is 3. The normalized spacial score (nSPS) is 14.9. The third-order valence-corrected chi connectivity index (χ3v) is 4.34. The van der Waals surface area contributed by atoms with Crippen molar-refractivity contribution in [3.63, 3.8) is 0 Å². The minimum Gasteiger partial charge on any atom is -0.485 e. The predicted molar refractivity (Wildman–Crippen MR) is 109 cm³/mol. The summed E-state index contributed by atoms with van der Waals surface area (Å²) < 4.78 is 11.2. The number of fused-ring (bicyclic) bond motifs is 1. The zero-order valence-electron chi connectivity index (χ0n) is 15.2. The molecule has 0 fully saturated rings. The van der Waals surface area contributed by atoms with Gasteiger partial charge in [-0.15, -0.1) is 0 Å². The van der Waals surface area contributed by atoms with Crippen LogP contribution < -0.4 is 25.6 Å². The molecule has 0 saturated carbocycles. The Morgan fingerprint density at radius 3 is 2.59 bits per heavy atom. The van der Waals surface area contributed by atoms with Gasteiger partial charge in [0.15, 0.2) is 16.6 Å². The molecule has 0 bridgehead atoms. The van der Waals surface area contributed by atoms with Gasteiger partial charge in [-0.3, -0.25) is 15.6 Å². The van der Waals surface area contributed by atoms with Crippen molar-refractivity contribution in [3.05, 3.63) is 54.1 Å². The fourth-order valence-electron chi connectivity index (χ4n) is 2.65. The zero-order valence-corrected chi connectivity index (χ0v) is 16.0. The van der Waals surface area contributed by atoms with Gasteiger partial charge in [-0.1, -0.05) is 37.6 Å². The number of aryl methyl sites for hydroxylation is 1. The van der Waals surface area contributed by atoms with E-state index in [4.69, 9.17) is 21.7 Å². The quantitative estimate of drug-likeness (QED) is 0.542. The Balaban J connectivity index is 1.44. The number of hydrazine groups is 1. The summed E-state index contributed by atoms with van der Waals surface area (Å²) in [5.41, 5.74) is 7.38. The Labute approximate surface area is 164 Å². The molecular formula is C20H23N3O3S. The molecule has 0 aliphatic carbocycles.